The van der Waals surface area contributed by atoms with Crippen LogP contribution in [0.4, 0.5) is 5.69 Å². The molecule has 2 amide bonds. The van der Waals surface area contributed by atoms with E-state index in [4.69, 9.17) is 0 Å². The molecule has 0 spiro atoms. The highest BCUT2D eigenvalue weighted by molar-refractivity contribution is 6.43. The van der Waals surface area contributed by atoms with Gasteiger partial charge in [0.2, 0.25) is 5.91 Å². The molecule has 0 aliphatic carbocycles. The maximum absolute atomic E-state index is 12.0. The summed E-state index contributed by atoms with van der Waals surface area (Å²) in [6.45, 7) is 0. The molecule has 1 aromatic carbocycles. The number of nitrogens with one attached hydrogen (secondary N) is 2. The topological polar surface area (TPSA) is 75.5 Å². The molecule has 106 valence electrons. The lowest BCUT2D eigenvalue weighted by atomic mass is 10.1. The second kappa shape index (κ2) is 5.62. The summed E-state index contributed by atoms with van der Waals surface area (Å²) in [4.78, 5) is 23.0. The first kappa shape index (κ1) is 13.1. The van der Waals surface area contributed by atoms with Crippen molar-refractivity contribution in [2.75, 3.05) is 5.32 Å². The monoisotopic (exact) mass is 282 g/mol. The molecule has 1 aliphatic heterocycles. The zero-order chi connectivity index (χ0) is 14.7. The van der Waals surface area contributed by atoms with E-state index in [1.807, 2.05) is 53.4 Å². The van der Waals surface area contributed by atoms with Gasteiger partial charge in [0.15, 0.2) is 0 Å². The number of carbonyl (C=O) groups excluding carboxylic acids is 2. The van der Waals surface area contributed by atoms with Crippen molar-refractivity contribution in [1.29, 1.82) is 0 Å². The number of rotatable bonds is 3. The predicted molar refractivity (Wildman–Crippen MR) is 79.2 cm³/mol. The van der Waals surface area contributed by atoms with E-state index in [9.17, 15) is 9.59 Å². The van der Waals surface area contributed by atoms with Crippen LogP contribution in [-0.4, -0.2) is 22.1 Å². The van der Waals surface area contributed by atoms with Gasteiger partial charge in [-0.3, -0.25) is 9.59 Å². The number of aromatic nitrogens is 1. The molecule has 2 aromatic rings. The van der Waals surface area contributed by atoms with Crippen LogP contribution in [0.25, 0.3) is 5.69 Å². The van der Waals surface area contributed by atoms with Crippen LogP contribution in [0.2, 0.25) is 0 Å². The van der Waals surface area contributed by atoms with Crippen LogP contribution in [0.3, 0.4) is 0 Å². The number of benzene rings is 1. The second-order valence-electron chi connectivity index (χ2n) is 4.68. The van der Waals surface area contributed by atoms with E-state index in [2.05, 4.69) is 15.8 Å². The Bertz CT molecular complexity index is 687. The van der Waals surface area contributed by atoms with Crippen molar-refractivity contribution >= 4 is 23.2 Å². The van der Waals surface area contributed by atoms with Crippen molar-refractivity contribution in [2.45, 2.75) is 12.8 Å². The van der Waals surface area contributed by atoms with Gasteiger partial charge in [0.25, 0.3) is 5.91 Å². The molecule has 0 unspecified atom stereocenters. The van der Waals surface area contributed by atoms with Gasteiger partial charge in [-0.2, -0.15) is 5.10 Å². The standard InChI is InChI=1S/C15H14N4O2/c20-14-8-7-13(17-18-14)15(21)16-11-3-5-12(6-4-11)19-9-1-2-10-19/h1-6,9-10H,7-8H2,(H,16,21)(H,18,20). The smallest absolute Gasteiger partial charge is 0.271 e. The lowest BCUT2D eigenvalue weighted by Gasteiger charge is -2.12. The molecule has 0 radical (unpaired) electrons. The van der Waals surface area contributed by atoms with Crippen LogP contribution in [0, 0.1) is 0 Å². The zero-order valence-electron chi connectivity index (χ0n) is 11.2. The fourth-order valence-electron chi connectivity index (χ4n) is 2.06. The SMILES string of the molecule is O=C1CCC(C(=O)Nc2ccc(-n3cccc3)cc2)=NN1. The summed E-state index contributed by atoms with van der Waals surface area (Å²) in [6, 6.07) is 11.4. The van der Waals surface area contributed by atoms with Crippen molar-refractivity contribution in [2.24, 2.45) is 5.10 Å². The number of hydrogen-bond donors (Lipinski definition) is 2. The largest absolute Gasteiger partial charge is 0.324 e. The van der Waals surface area contributed by atoms with E-state index in [0.717, 1.165) is 5.69 Å². The first-order chi connectivity index (χ1) is 10.2. The lowest BCUT2D eigenvalue weighted by molar-refractivity contribution is -0.121. The summed E-state index contributed by atoms with van der Waals surface area (Å²) in [6.07, 6.45) is 4.55. The highest BCUT2D eigenvalue weighted by atomic mass is 16.2. The maximum atomic E-state index is 12.0. The normalized spacial score (nSPS) is 14.3. The molecule has 0 fully saturated rings. The van der Waals surface area contributed by atoms with Crippen LogP contribution >= 0.6 is 0 Å². The van der Waals surface area contributed by atoms with E-state index in [-0.39, 0.29) is 11.8 Å². The minimum Gasteiger partial charge on any atom is -0.324 e. The lowest BCUT2D eigenvalue weighted by Crippen LogP contribution is -2.32. The molecule has 6 heteroatoms. The van der Waals surface area contributed by atoms with E-state index in [0.29, 0.717) is 24.2 Å². The van der Waals surface area contributed by atoms with E-state index < -0.39 is 0 Å². The summed E-state index contributed by atoms with van der Waals surface area (Å²) in [7, 11) is 0. The van der Waals surface area contributed by atoms with Gasteiger partial charge in [0.05, 0.1) is 0 Å². The van der Waals surface area contributed by atoms with Gasteiger partial charge in [-0.25, -0.2) is 5.43 Å². The summed E-state index contributed by atoms with van der Waals surface area (Å²) >= 11 is 0. The molecule has 1 aromatic heterocycles. The van der Waals surface area contributed by atoms with Crippen LogP contribution in [0.1, 0.15) is 12.8 Å². The zero-order valence-corrected chi connectivity index (χ0v) is 11.2. The van der Waals surface area contributed by atoms with Gasteiger partial charge in [-0.1, -0.05) is 0 Å². The molecule has 21 heavy (non-hydrogen) atoms. The Kier molecular flexibility index (Phi) is 3.51. The van der Waals surface area contributed by atoms with Crippen molar-refractivity contribution in [3.8, 4) is 5.69 Å². The number of nitrogens with zero attached hydrogens (tertiary/aromatic N) is 2. The highest BCUT2D eigenvalue weighted by Gasteiger charge is 2.18. The van der Waals surface area contributed by atoms with Gasteiger partial charge in [-0.05, 0) is 36.4 Å². The van der Waals surface area contributed by atoms with Crippen LogP contribution in [0.15, 0.2) is 53.9 Å². The number of carbonyl (C=O) groups is 2. The van der Waals surface area contributed by atoms with Crippen LogP contribution < -0.4 is 10.7 Å². The van der Waals surface area contributed by atoms with Crippen LogP contribution in [0.5, 0.6) is 0 Å². The first-order valence-corrected chi connectivity index (χ1v) is 6.62. The molecule has 3 rings (SSSR count). The van der Waals surface area contributed by atoms with Gasteiger partial charge in [0, 0.05) is 36.6 Å². The Balaban J connectivity index is 1.68. The fraction of sp³-hybridized carbons (Fsp3) is 0.133. The van der Waals surface area contributed by atoms with E-state index in [1.54, 1.807) is 0 Å². The van der Waals surface area contributed by atoms with E-state index >= 15 is 0 Å². The summed E-state index contributed by atoms with van der Waals surface area (Å²) < 4.78 is 1.98. The maximum Gasteiger partial charge on any atom is 0.271 e. The molecule has 6 nitrogen and oxygen atoms in total. The Hall–Kier alpha value is -2.89. The summed E-state index contributed by atoms with van der Waals surface area (Å²) in [5.41, 5.74) is 4.35. The molecule has 0 saturated carbocycles. The first-order valence-electron chi connectivity index (χ1n) is 6.62. The van der Waals surface area contributed by atoms with Crippen molar-refractivity contribution in [3.05, 3.63) is 48.8 Å². The van der Waals surface area contributed by atoms with Crippen molar-refractivity contribution < 1.29 is 9.59 Å². The average molecular weight is 282 g/mol. The Morgan fingerprint density at radius 3 is 2.48 bits per heavy atom. The number of hydrazone groups is 1. The molecule has 2 heterocycles. The molecular weight excluding hydrogens is 268 g/mol. The van der Waals surface area contributed by atoms with Gasteiger partial charge >= 0.3 is 0 Å². The molecule has 1 aliphatic rings. The van der Waals surface area contributed by atoms with Gasteiger partial charge in [0.1, 0.15) is 5.71 Å². The van der Waals surface area contributed by atoms with Crippen LogP contribution in [-0.2, 0) is 9.59 Å². The molecular formula is C15H14N4O2. The Morgan fingerprint density at radius 1 is 1.14 bits per heavy atom. The quantitative estimate of drug-likeness (QED) is 0.898. The van der Waals surface area contributed by atoms with Crippen molar-refractivity contribution in [3.63, 3.8) is 0 Å². The molecule has 0 saturated heterocycles. The van der Waals surface area contributed by atoms with Gasteiger partial charge in [-0.15, -0.1) is 0 Å². The summed E-state index contributed by atoms with van der Waals surface area (Å²) in [5.74, 6) is -0.452. The third-order valence-corrected chi connectivity index (χ3v) is 3.19. The van der Waals surface area contributed by atoms with Crippen molar-refractivity contribution in [1.82, 2.24) is 9.99 Å². The number of amides is 2. The third-order valence-electron chi connectivity index (χ3n) is 3.19. The summed E-state index contributed by atoms with van der Waals surface area (Å²) in [5, 5.41) is 6.53. The Morgan fingerprint density at radius 2 is 1.86 bits per heavy atom. The van der Waals surface area contributed by atoms with Gasteiger partial charge < -0.3 is 9.88 Å². The number of hydrogen-bond acceptors (Lipinski definition) is 3. The second-order valence-corrected chi connectivity index (χ2v) is 4.68. The average Bonchev–Trinajstić information content (AvgIpc) is 3.03. The molecule has 0 bridgehead atoms. The molecule has 0 atom stereocenters. The minimum atomic E-state index is -0.288. The predicted octanol–water partition coefficient (Wildman–Crippen LogP) is 1.68. The third kappa shape index (κ3) is 3.00. The molecule has 2 N–H and O–H groups in total. The highest BCUT2D eigenvalue weighted by Crippen LogP contribution is 2.14. The Labute approximate surface area is 121 Å². The minimum absolute atomic E-state index is 0.164. The number of anilines is 1. The fourth-order valence-corrected chi connectivity index (χ4v) is 2.06. The van der Waals surface area contributed by atoms with E-state index in [1.165, 1.54) is 0 Å².